The van der Waals surface area contributed by atoms with E-state index in [1.165, 1.54) is 24.6 Å². The van der Waals surface area contributed by atoms with Crippen molar-refractivity contribution in [2.45, 2.75) is 19.4 Å². The smallest absolute Gasteiger partial charge is 0.163 e. The van der Waals surface area contributed by atoms with Gasteiger partial charge in [-0.1, -0.05) is 24.3 Å². The van der Waals surface area contributed by atoms with Crippen LogP contribution in [0.25, 0.3) is 16.9 Å². The summed E-state index contributed by atoms with van der Waals surface area (Å²) in [6, 6.07) is 16.4. The molecule has 1 saturated heterocycles. The van der Waals surface area contributed by atoms with Gasteiger partial charge < -0.3 is 9.80 Å². The van der Waals surface area contributed by atoms with E-state index in [1.807, 2.05) is 18.3 Å². The quantitative estimate of drug-likeness (QED) is 0.461. The molecule has 3 heterocycles. The van der Waals surface area contributed by atoms with E-state index in [0.717, 1.165) is 36.1 Å². The normalized spacial score (nSPS) is 13.8. The number of imidazole rings is 1. The molecule has 7 heteroatoms. The fourth-order valence-corrected chi connectivity index (χ4v) is 4.09. The number of hydrogen-bond donors (Lipinski definition) is 0. The van der Waals surface area contributed by atoms with Crippen LogP contribution in [0.2, 0.25) is 0 Å². The molecule has 0 unspecified atom stereocenters. The Hall–Kier alpha value is -3.48. The van der Waals surface area contributed by atoms with Gasteiger partial charge in [0, 0.05) is 43.5 Å². The Bertz CT molecular complexity index is 1210. The molecular weight excluding hydrogens is 396 g/mol. The number of aromatic nitrogens is 3. The molecule has 0 amide bonds. The second kappa shape index (κ2) is 7.98. The predicted octanol–water partition coefficient (Wildman–Crippen LogP) is 4.91. The Morgan fingerprint density at radius 2 is 1.74 bits per heavy atom. The first-order chi connectivity index (χ1) is 15.1. The molecule has 0 aliphatic carbocycles. The molecule has 1 fully saturated rings. The average molecular weight is 419 g/mol. The third kappa shape index (κ3) is 3.71. The lowest BCUT2D eigenvalue weighted by molar-refractivity contribution is 0.498. The van der Waals surface area contributed by atoms with Crippen molar-refractivity contribution in [3.63, 3.8) is 0 Å². The summed E-state index contributed by atoms with van der Waals surface area (Å²) in [5.41, 5.74) is 4.16. The van der Waals surface area contributed by atoms with Crippen LogP contribution in [-0.4, -0.2) is 34.7 Å². The Kier molecular flexibility index (Phi) is 5.02. The van der Waals surface area contributed by atoms with Crippen LogP contribution in [0, 0.1) is 11.6 Å². The third-order valence-electron chi connectivity index (χ3n) is 5.81. The van der Waals surface area contributed by atoms with Gasteiger partial charge in [-0.05, 0) is 43.2 Å². The summed E-state index contributed by atoms with van der Waals surface area (Å²) < 4.78 is 29.4. The highest BCUT2D eigenvalue weighted by atomic mass is 19.2. The maximum Gasteiger partial charge on any atom is 0.163 e. The van der Waals surface area contributed by atoms with Gasteiger partial charge in [0.05, 0.1) is 11.9 Å². The second-order valence-electron chi connectivity index (χ2n) is 7.92. The molecule has 1 aliphatic rings. The Morgan fingerprint density at radius 3 is 2.52 bits per heavy atom. The van der Waals surface area contributed by atoms with Crippen LogP contribution in [0.5, 0.6) is 0 Å². The van der Waals surface area contributed by atoms with Gasteiger partial charge in [-0.15, -0.1) is 5.10 Å². The molecule has 4 aromatic rings. The first-order valence-electron chi connectivity index (χ1n) is 10.4. The van der Waals surface area contributed by atoms with Crippen LogP contribution in [-0.2, 0) is 6.54 Å². The maximum atomic E-state index is 14.1. The average Bonchev–Trinajstić information content (AvgIpc) is 3.47. The van der Waals surface area contributed by atoms with Crippen molar-refractivity contribution in [3.05, 3.63) is 78.0 Å². The van der Waals surface area contributed by atoms with E-state index in [4.69, 9.17) is 5.10 Å². The summed E-state index contributed by atoms with van der Waals surface area (Å²) in [5, 5.41) is 4.71. The van der Waals surface area contributed by atoms with Crippen molar-refractivity contribution in [1.82, 2.24) is 14.6 Å². The Labute approximate surface area is 179 Å². The molecule has 158 valence electrons. The van der Waals surface area contributed by atoms with Gasteiger partial charge in [0.2, 0.25) is 0 Å². The molecule has 1 aliphatic heterocycles. The predicted molar refractivity (Wildman–Crippen MR) is 118 cm³/mol. The highest BCUT2D eigenvalue weighted by Crippen LogP contribution is 2.26. The second-order valence-corrected chi connectivity index (χ2v) is 7.92. The van der Waals surface area contributed by atoms with Crippen molar-refractivity contribution in [1.29, 1.82) is 0 Å². The summed E-state index contributed by atoms with van der Waals surface area (Å²) in [5.74, 6) is -1.02. The third-order valence-corrected chi connectivity index (χ3v) is 5.81. The largest absolute Gasteiger partial charge is 0.372 e. The van der Waals surface area contributed by atoms with Crippen LogP contribution in [0.4, 0.5) is 20.3 Å². The van der Waals surface area contributed by atoms with E-state index < -0.39 is 11.6 Å². The topological polar surface area (TPSA) is 36.7 Å². The zero-order chi connectivity index (χ0) is 21.4. The molecule has 0 saturated carbocycles. The maximum absolute atomic E-state index is 14.1. The molecule has 2 aromatic heterocycles. The van der Waals surface area contributed by atoms with E-state index >= 15 is 0 Å². The van der Waals surface area contributed by atoms with Gasteiger partial charge in [-0.25, -0.2) is 18.3 Å². The fourth-order valence-electron chi connectivity index (χ4n) is 4.09. The lowest BCUT2D eigenvalue weighted by Crippen LogP contribution is -2.19. The lowest BCUT2D eigenvalue weighted by atomic mass is 10.1. The number of anilines is 2. The number of nitrogens with zero attached hydrogens (tertiary/aromatic N) is 5. The monoisotopic (exact) mass is 419 g/mol. The van der Waals surface area contributed by atoms with E-state index in [1.54, 1.807) is 22.5 Å². The molecule has 0 radical (unpaired) electrons. The molecule has 2 aromatic carbocycles. The van der Waals surface area contributed by atoms with E-state index in [2.05, 4.69) is 34.1 Å². The SMILES string of the molecule is CN(Cc1cccc(F)c1F)c1ccc2ncc(-c3ccc(N4CCCC4)cc3)n2n1. The molecular formula is C24H23F2N5. The number of benzene rings is 2. The standard InChI is InChI=1S/C24H23F2N5/c1-29(16-18-5-4-6-20(25)24(18)26)23-12-11-22-27-15-21(31(22)28-23)17-7-9-19(10-8-17)30-13-2-3-14-30/h4-12,15H,2-3,13-14,16H2,1H3. The van der Waals surface area contributed by atoms with Crippen molar-refractivity contribution in [2.75, 3.05) is 29.9 Å². The van der Waals surface area contributed by atoms with Gasteiger partial charge in [0.1, 0.15) is 5.82 Å². The highest BCUT2D eigenvalue weighted by molar-refractivity contribution is 5.66. The molecule has 5 nitrogen and oxygen atoms in total. The van der Waals surface area contributed by atoms with Crippen LogP contribution in [0.3, 0.4) is 0 Å². The van der Waals surface area contributed by atoms with E-state index in [-0.39, 0.29) is 12.1 Å². The summed E-state index contributed by atoms with van der Waals surface area (Å²) in [4.78, 5) is 8.65. The van der Waals surface area contributed by atoms with Crippen molar-refractivity contribution in [3.8, 4) is 11.3 Å². The molecule has 0 atom stereocenters. The first kappa shape index (κ1) is 19.5. The molecule has 31 heavy (non-hydrogen) atoms. The molecule has 0 spiro atoms. The van der Waals surface area contributed by atoms with E-state index in [0.29, 0.717) is 5.82 Å². The Balaban J connectivity index is 1.43. The van der Waals surface area contributed by atoms with Crippen molar-refractivity contribution >= 4 is 17.2 Å². The van der Waals surface area contributed by atoms with Gasteiger partial charge in [-0.3, -0.25) is 0 Å². The minimum Gasteiger partial charge on any atom is -0.372 e. The molecule has 5 rings (SSSR count). The van der Waals surface area contributed by atoms with Crippen molar-refractivity contribution < 1.29 is 8.78 Å². The van der Waals surface area contributed by atoms with Gasteiger partial charge in [0.25, 0.3) is 0 Å². The van der Waals surface area contributed by atoms with Crippen LogP contribution in [0.15, 0.2) is 60.8 Å². The summed E-state index contributed by atoms with van der Waals surface area (Å²) in [6.07, 6.45) is 4.30. The summed E-state index contributed by atoms with van der Waals surface area (Å²) in [6.45, 7) is 2.42. The van der Waals surface area contributed by atoms with Crippen LogP contribution in [0.1, 0.15) is 18.4 Å². The van der Waals surface area contributed by atoms with Crippen LogP contribution < -0.4 is 9.80 Å². The van der Waals surface area contributed by atoms with E-state index in [9.17, 15) is 8.78 Å². The lowest BCUT2D eigenvalue weighted by Gasteiger charge is -2.19. The van der Waals surface area contributed by atoms with Gasteiger partial charge in [0.15, 0.2) is 17.3 Å². The van der Waals surface area contributed by atoms with Crippen LogP contribution >= 0.6 is 0 Å². The Morgan fingerprint density at radius 1 is 0.968 bits per heavy atom. The van der Waals surface area contributed by atoms with Crippen molar-refractivity contribution in [2.24, 2.45) is 0 Å². The van der Waals surface area contributed by atoms with Gasteiger partial charge >= 0.3 is 0 Å². The zero-order valence-electron chi connectivity index (χ0n) is 17.3. The minimum absolute atomic E-state index is 0.205. The zero-order valence-corrected chi connectivity index (χ0v) is 17.3. The highest BCUT2D eigenvalue weighted by Gasteiger charge is 2.15. The fraction of sp³-hybridized carbons (Fsp3) is 0.250. The molecule has 0 N–H and O–H groups in total. The summed E-state index contributed by atoms with van der Waals surface area (Å²) in [7, 11) is 1.81. The number of hydrogen-bond acceptors (Lipinski definition) is 4. The molecule has 0 bridgehead atoms. The number of rotatable bonds is 5. The summed E-state index contributed by atoms with van der Waals surface area (Å²) >= 11 is 0. The first-order valence-corrected chi connectivity index (χ1v) is 10.4. The minimum atomic E-state index is -0.844. The number of fused-ring (bicyclic) bond motifs is 1. The number of halogens is 2. The van der Waals surface area contributed by atoms with Gasteiger partial charge in [-0.2, -0.15) is 0 Å².